The summed E-state index contributed by atoms with van der Waals surface area (Å²) >= 11 is 0. The van der Waals surface area contributed by atoms with Crippen LogP contribution in [0.4, 0.5) is 0 Å². The lowest BCUT2D eigenvalue weighted by molar-refractivity contribution is -0.312. The highest BCUT2D eigenvalue weighted by Gasteiger charge is 2.49. The van der Waals surface area contributed by atoms with E-state index < -0.39 is 0 Å². The van der Waals surface area contributed by atoms with Crippen molar-refractivity contribution in [2.45, 2.75) is 168 Å². The van der Waals surface area contributed by atoms with Crippen LogP contribution in [0.15, 0.2) is 24.3 Å². The quantitative estimate of drug-likeness (QED) is 0.196. The standard InChI is InChI=1S/C43H66O2/c1-31-5-13-35(14-6-31)37-22-27-42(4,28-23-37)26-21-34-11-19-40(20-12-34)43(41(45-44)39-17-9-33(3)10-18-39)29-24-38(25-30-43)36-15-7-32(2)8-16-36/h11-12,19-20,31-33,35-39,41,44H,5-10,13-18,22-25,27-30H2,1-4H3. The van der Waals surface area contributed by atoms with Gasteiger partial charge in [0, 0.05) is 16.4 Å². The number of hydrogen-bond donors (Lipinski definition) is 1. The molecule has 0 spiro atoms. The first-order chi connectivity index (χ1) is 21.8. The normalized spacial score (nSPS) is 41.9. The van der Waals surface area contributed by atoms with Crippen molar-refractivity contribution in [2.75, 3.05) is 0 Å². The van der Waals surface area contributed by atoms with E-state index in [0.717, 1.165) is 59.8 Å². The minimum atomic E-state index is -0.101. The maximum atomic E-state index is 10.6. The molecule has 0 amide bonds. The van der Waals surface area contributed by atoms with Gasteiger partial charge in [-0.15, -0.1) is 0 Å². The molecule has 1 unspecified atom stereocenters. The highest BCUT2D eigenvalue weighted by Crippen LogP contribution is 2.52. The molecule has 1 N–H and O–H groups in total. The summed E-state index contributed by atoms with van der Waals surface area (Å²) in [4.78, 5) is 5.62. The van der Waals surface area contributed by atoms with Gasteiger partial charge in [-0.3, -0.25) is 5.26 Å². The Kier molecular flexibility index (Phi) is 11.1. The van der Waals surface area contributed by atoms with Gasteiger partial charge in [0.2, 0.25) is 0 Å². The predicted molar refractivity (Wildman–Crippen MR) is 188 cm³/mol. The lowest BCUT2D eigenvalue weighted by atomic mass is 9.57. The average molecular weight is 615 g/mol. The molecule has 0 radical (unpaired) electrons. The molecule has 1 aromatic carbocycles. The fourth-order valence-electron chi connectivity index (χ4n) is 11.1. The summed E-state index contributed by atoms with van der Waals surface area (Å²) in [6.07, 6.45) is 26.4. The molecule has 5 fully saturated rings. The highest BCUT2D eigenvalue weighted by atomic mass is 17.1. The molecular weight excluding hydrogens is 548 g/mol. The number of benzene rings is 1. The van der Waals surface area contributed by atoms with Gasteiger partial charge in [0.25, 0.3) is 0 Å². The van der Waals surface area contributed by atoms with E-state index >= 15 is 0 Å². The van der Waals surface area contributed by atoms with Crippen LogP contribution in [0, 0.1) is 64.6 Å². The van der Waals surface area contributed by atoms with E-state index in [4.69, 9.17) is 4.89 Å². The summed E-state index contributed by atoms with van der Waals surface area (Å²) in [6.45, 7) is 9.69. The minimum absolute atomic E-state index is 0.0916. The predicted octanol–water partition coefficient (Wildman–Crippen LogP) is 12.0. The second-order valence-electron chi connectivity index (χ2n) is 17.8. The third-order valence-corrected chi connectivity index (χ3v) is 14.6. The van der Waals surface area contributed by atoms with Gasteiger partial charge in [-0.25, -0.2) is 4.89 Å². The fraction of sp³-hybridized carbons (Fsp3) is 0.814. The molecule has 1 aromatic rings. The summed E-state index contributed by atoms with van der Waals surface area (Å²) in [5.41, 5.74) is 2.60. The Labute approximate surface area is 277 Å². The van der Waals surface area contributed by atoms with Crippen LogP contribution >= 0.6 is 0 Å². The molecule has 250 valence electrons. The average Bonchev–Trinajstić information content (AvgIpc) is 3.07. The van der Waals surface area contributed by atoms with Crippen LogP contribution in [0.5, 0.6) is 0 Å². The van der Waals surface area contributed by atoms with E-state index in [-0.39, 0.29) is 16.9 Å². The molecule has 2 heteroatoms. The molecule has 0 aromatic heterocycles. The summed E-state index contributed by atoms with van der Waals surface area (Å²) in [5.74, 6) is 14.2. The summed E-state index contributed by atoms with van der Waals surface area (Å²) in [5, 5.41) is 10.6. The van der Waals surface area contributed by atoms with Crippen molar-refractivity contribution in [1.29, 1.82) is 0 Å². The molecule has 0 bridgehead atoms. The maximum Gasteiger partial charge on any atom is 0.105 e. The van der Waals surface area contributed by atoms with Crippen molar-refractivity contribution < 1.29 is 10.1 Å². The fourth-order valence-corrected chi connectivity index (χ4v) is 11.1. The molecule has 5 aliphatic carbocycles. The molecule has 6 rings (SSSR count). The monoisotopic (exact) mass is 615 g/mol. The number of hydrogen-bond acceptors (Lipinski definition) is 2. The first-order valence-corrected chi connectivity index (χ1v) is 19.7. The van der Waals surface area contributed by atoms with Gasteiger partial charge in [-0.05, 0) is 162 Å². The molecular formula is C43H66O2. The lowest BCUT2D eigenvalue weighted by Gasteiger charge is -2.49. The molecule has 0 saturated heterocycles. The largest absolute Gasteiger partial charge is 0.251 e. The van der Waals surface area contributed by atoms with E-state index in [0.29, 0.717) is 5.92 Å². The maximum absolute atomic E-state index is 10.6. The van der Waals surface area contributed by atoms with E-state index in [2.05, 4.69) is 63.8 Å². The molecule has 45 heavy (non-hydrogen) atoms. The third-order valence-electron chi connectivity index (χ3n) is 14.6. The second-order valence-corrected chi connectivity index (χ2v) is 17.8. The van der Waals surface area contributed by atoms with Crippen LogP contribution in [0.25, 0.3) is 0 Å². The lowest BCUT2D eigenvalue weighted by Crippen LogP contribution is -2.49. The summed E-state index contributed by atoms with van der Waals surface area (Å²) in [6, 6.07) is 9.31. The van der Waals surface area contributed by atoms with Gasteiger partial charge in [0.1, 0.15) is 6.10 Å². The zero-order valence-electron chi connectivity index (χ0n) is 29.5. The van der Waals surface area contributed by atoms with Crippen molar-refractivity contribution in [2.24, 2.45) is 52.8 Å². The van der Waals surface area contributed by atoms with Crippen molar-refractivity contribution >= 4 is 0 Å². The Balaban J connectivity index is 1.14. The van der Waals surface area contributed by atoms with Gasteiger partial charge >= 0.3 is 0 Å². The third kappa shape index (κ3) is 7.89. The van der Waals surface area contributed by atoms with Crippen LogP contribution < -0.4 is 0 Å². The van der Waals surface area contributed by atoms with E-state index in [1.54, 1.807) is 0 Å². The van der Waals surface area contributed by atoms with Crippen LogP contribution in [-0.4, -0.2) is 11.4 Å². The van der Waals surface area contributed by atoms with Gasteiger partial charge in [-0.1, -0.05) is 83.3 Å². The van der Waals surface area contributed by atoms with E-state index in [1.165, 1.54) is 121 Å². The van der Waals surface area contributed by atoms with Crippen molar-refractivity contribution in [1.82, 2.24) is 0 Å². The minimum Gasteiger partial charge on any atom is -0.251 e. The Morgan fingerprint density at radius 3 is 1.49 bits per heavy atom. The van der Waals surface area contributed by atoms with Gasteiger partial charge in [0.15, 0.2) is 0 Å². The molecule has 0 heterocycles. The Bertz CT molecular complexity index is 1100. The Hall–Kier alpha value is -1.30. The first kappa shape index (κ1) is 33.6. The van der Waals surface area contributed by atoms with E-state index in [1.807, 2.05) is 0 Å². The molecule has 5 saturated carbocycles. The number of rotatable bonds is 6. The summed E-state index contributed by atoms with van der Waals surface area (Å²) < 4.78 is 0. The zero-order chi connectivity index (χ0) is 31.4. The second kappa shape index (κ2) is 14.9. The topological polar surface area (TPSA) is 29.5 Å². The van der Waals surface area contributed by atoms with Crippen LogP contribution in [-0.2, 0) is 10.3 Å². The van der Waals surface area contributed by atoms with Crippen LogP contribution in [0.3, 0.4) is 0 Å². The SMILES string of the molecule is CC1CCC(C2CCC(C)(C#Cc3ccc(C4(C(OO)C5CCC(C)CC5)CCC(C5CCC(C)CC5)CC4)cc3)CC2)CC1. The molecule has 5 aliphatic rings. The van der Waals surface area contributed by atoms with Gasteiger partial charge in [0.05, 0.1) is 0 Å². The van der Waals surface area contributed by atoms with Crippen molar-refractivity contribution in [3.05, 3.63) is 35.4 Å². The van der Waals surface area contributed by atoms with Crippen LogP contribution in [0.2, 0.25) is 0 Å². The smallest absolute Gasteiger partial charge is 0.105 e. The molecule has 0 aliphatic heterocycles. The first-order valence-electron chi connectivity index (χ1n) is 19.7. The zero-order valence-corrected chi connectivity index (χ0v) is 29.5. The van der Waals surface area contributed by atoms with Gasteiger partial charge in [-0.2, -0.15) is 0 Å². The van der Waals surface area contributed by atoms with Gasteiger partial charge < -0.3 is 0 Å². The molecule has 1 atom stereocenters. The Morgan fingerprint density at radius 1 is 0.600 bits per heavy atom. The van der Waals surface area contributed by atoms with Crippen LogP contribution in [0.1, 0.15) is 167 Å². The highest BCUT2D eigenvalue weighted by molar-refractivity contribution is 5.40. The van der Waals surface area contributed by atoms with Crippen molar-refractivity contribution in [3.63, 3.8) is 0 Å². The molecule has 2 nitrogen and oxygen atoms in total. The van der Waals surface area contributed by atoms with Crippen molar-refractivity contribution in [3.8, 4) is 11.8 Å². The summed E-state index contributed by atoms with van der Waals surface area (Å²) in [7, 11) is 0. The Morgan fingerprint density at radius 2 is 1.02 bits per heavy atom. The van der Waals surface area contributed by atoms with E-state index in [9.17, 15) is 5.26 Å².